The average Bonchev–Trinajstić information content (AvgIpc) is 2.30. The first kappa shape index (κ1) is 13.6. The van der Waals surface area contributed by atoms with Crippen LogP contribution in [-0.4, -0.2) is 15.7 Å². The van der Waals surface area contributed by atoms with E-state index in [9.17, 15) is 14.0 Å². The predicted molar refractivity (Wildman–Crippen MR) is 61.4 cm³/mol. The SMILES string of the molecule is CCC(C)OC(CC)n1cc(F)c(=O)[nH]c1=O. The molecule has 1 N–H and O–H groups in total. The zero-order valence-corrected chi connectivity index (χ0v) is 10.2. The monoisotopic (exact) mass is 244 g/mol. The minimum atomic E-state index is -1.01. The Morgan fingerprint density at radius 2 is 2.06 bits per heavy atom. The molecule has 6 heteroatoms. The van der Waals surface area contributed by atoms with Crippen LogP contribution in [0.3, 0.4) is 0 Å². The van der Waals surface area contributed by atoms with E-state index in [1.165, 1.54) is 0 Å². The number of hydrogen-bond donors (Lipinski definition) is 1. The maximum Gasteiger partial charge on any atom is 0.330 e. The Balaban J connectivity index is 3.08. The maximum absolute atomic E-state index is 13.1. The minimum absolute atomic E-state index is 0.0400. The van der Waals surface area contributed by atoms with Crippen LogP contribution in [-0.2, 0) is 4.74 Å². The number of halogens is 1. The van der Waals surface area contributed by atoms with Crippen molar-refractivity contribution in [2.75, 3.05) is 0 Å². The van der Waals surface area contributed by atoms with Gasteiger partial charge in [-0.25, -0.2) is 4.79 Å². The summed E-state index contributed by atoms with van der Waals surface area (Å²) in [6.07, 6.45) is 1.58. The number of aromatic amines is 1. The van der Waals surface area contributed by atoms with E-state index in [4.69, 9.17) is 4.74 Å². The van der Waals surface area contributed by atoms with E-state index in [0.29, 0.717) is 6.42 Å². The summed E-state index contributed by atoms with van der Waals surface area (Å²) in [5.41, 5.74) is -1.67. The van der Waals surface area contributed by atoms with E-state index in [-0.39, 0.29) is 6.10 Å². The molecule has 0 spiro atoms. The van der Waals surface area contributed by atoms with Crippen LogP contribution in [0.5, 0.6) is 0 Å². The second-order valence-electron chi connectivity index (χ2n) is 3.86. The Morgan fingerprint density at radius 3 is 2.59 bits per heavy atom. The van der Waals surface area contributed by atoms with Gasteiger partial charge in [0.2, 0.25) is 5.82 Å². The maximum atomic E-state index is 13.1. The largest absolute Gasteiger partial charge is 0.355 e. The Morgan fingerprint density at radius 1 is 1.41 bits per heavy atom. The molecule has 0 aliphatic rings. The van der Waals surface area contributed by atoms with Crippen molar-refractivity contribution in [3.8, 4) is 0 Å². The predicted octanol–water partition coefficient (Wildman–Crippen LogP) is 1.40. The van der Waals surface area contributed by atoms with Crippen LogP contribution in [0.2, 0.25) is 0 Å². The van der Waals surface area contributed by atoms with E-state index >= 15 is 0 Å². The highest BCUT2D eigenvalue weighted by Gasteiger charge is 2.15. The number of aromatic nitrogens is 2. The van der Waals surface area contributed by atoms with Crippen LogP contribution in [0, 0.1) is 5.82 Å². The number of H-pyrrole nitrogens is 1. The minimum Gasteiger partial charge on any atom is -0.355 e. The van der Waals surface area contributed by atoms with Gasteiger partial charge in [-0.2, -0.15) is 4.39 Å². The molecule has 0 saturated heterocycles. The van der Waals surface area contributed by atoms with Crippen LogP contribution < -0.4 is 11.2 Å². The van der Waals surface area contributed by atoms with Gasteiger partial charge in [0.25, 0.3) is 5.56 Å². The Kier molecular flexibility index (Phi) is 4.62. The highest BCUT2D eigenvalue weighted by Crippen LogP contribution is 2.14. The number of rotatable bonds is 5. The molecule has 1 rings (SSSR count). The molecule has 0 aromatic carbocycles. The number of nitrogens with zero attached hydrogens (tertiary/aromatic N) is 1. The van der Waals surface area contributed by atoms with Crippen molar-refractivity contribution in [2.24, 2.45) is 0 Å². The van der Waals surface area contributed by atoms with E-state index in [1.54, 1.807) is 0 Å². The third-order valence-electron chi connectivity index (χ3n) is 2.55. The molecule has 0 aliphatic heterocycles. The second-order valence-corrected chi connectivity index (χ2v) is 3.86. The zero-order valence-electron chi connectivity index (χ0n) is 10.2. The first-order chi connectivity index (χ1) is 7.99. The number of hydrogen-bond acceptors (Lipinski definition) is 3. The van der Waals surface area contributed by atoms with Gasteiger partial charge in [-0.15, -0.1) is 0 Å². The van der Waals surface area contributed by atoms with Crippen molar-refractivity contribution >= 4 is 0 Å². The van der Waals surface area contributed by atoms with E-state index in [2.05, 4.69) is 0 Å². The summed E-state index contributed by atoms with van der Waals surface area (Å²) in [5, 5.41) is 0. The van der Waals surface area contributed by atoms with Gasteiger partial charge in [0.1, 0.15) is 6.23 Å². The van der Waals surface area contributed by atoms with Crippen LogP contribution in [0.25, 0.3) is 0 Å². The van der Waals surface area contributed by atoms with Crippen LogP contribution in [0.4, 0.5) is 4.39 Å². The fourth-order valence-electron chi connectivity index (χ4n) is 1.40. The fraction of sp³-hybridized carbons (Fsp3) is 0.636. The molecule has 0 fully saturated rings. The standard InChI is InChI=1S/C11H17FN2O3/c1-4-7(3)17-9(5-2)14-6-8(12)10(15)13-11(14)16/h6-7,9H,4-5H2,1-3H3,(H,13,15,16). The van der Waals surface area contributed by atoms with Gasteiger partial charge in [0, 0.05) is 0 Å². The summed E-state index contributed by atoms with van der Waals surface area (Å²) in [4.78, 5) is 24.3. The van der Waals surface area contributed by atoms with Crippen molar-refractivity contribution in [1.29, 1.82) is 0 Å². The van der Waals surface area contributed by atoms with Gasteiger partial charge >= 0.3 is 5.69 Å². The highest BCUT2D eigenvalue weighted by molar-refractivity contribution is 4.88. The molecule has 0 amide bonds. The lowest BCUT2D eigenvalue weighted by Gasteiger charge is -2.22. The Bertz CT molecular complexity index is 480. The molecule has 0 bridgehead atoms. The second kappa shape index (κ2) is 5.77. The fourth-order valence-corrected chi connectivity index (χ4v) is 1.40. The van der Waals surface area contributed by atoms with Crippen LogP contribution in [0.1, 0.15) is 39.8 Å². The normalized spacial score (nSPS) is 14.6. The molecule has 0 radical (unpaired) electrons. The van der Waals surface area contributed by atoms with Crippen molar-refractivity contribution in [3.63, 3.8) is 0 Å². The first-order valence-electron chi connectivity index (χ1n) is 5.66. The molecule has 1 aromatic rings. The Hall–Kier alpha value is -1.43. The molecule has 2 atom stereocenters. The zero-order chi connectivity index (χ0) is 13.0. The molecule has 5 nitrogen and oxygen atoms in total. The van der Waals surface area contributed by atoms with Crippen molar-refractivity contribution in [2.45, 2.75) is 45.9 Å². The van der Waals surface area contributed by atoms with E-state index in [0.717, 1.165) is 17.2 Å². The topological polar surface area (TPSA) is 64.1 Å². The van der Waals surface area contributed by atoms with Crippen LogP contribution in [0.15, 0.2) is 15.8 Å². The summed E-state index contributed by atoms with van der Waals surface area (Å²) in [6.45, 7) is 5.64. The highest BCUT2D eigenvalue weighted by atomic mass is 19.1. The number of nitrogens with one attached hydrogen (secondary N) is 1. The lowest BCUT2D eigenvalue weighted by molar-refractivity contribution is -0.0517. The first-order valence-corrected chi connectivity index (χ1v) is 5.66. The average molecular weight is 244 g/mol. The van der Waals surface area contributed by atoms with Gasteiger partial charge in [0.15, 0.2) is 0 Å². The summed E-state index contributed by atoms with van der Waals surface area (Å²) < 4.78 is 19.8. The summed E-state index contributed by atoms with van der Waals surface area (Å²) in [5.74, 6) is -0.990. The van der Waals surface area contributed by atoms with Gasteiger partial charge in [-0.3, -0.25) is 14.3 Å². The molecular weight excluding hydrogens is 227 g/mol. The van der Waals surface area contributed by atoms with Gasteiger partial charge in [-0.1, -0.05) is 13.8 Å². The Labute approximate surface area is 98.2 Å². The summed E-state index contributed by atoms with van der Waals surface area (Å²) in [7, 11) is 0. The molecule has 96 valence electrons. The number of ether oxygens (including phenoxy) is 1. The van der Waals surface area contributed by atoms with Gasteiger partial charge < -0.3 is 4.74 Å². The van der Waals surface area contributed by atoms with Crippen molar-refractivity contribution < 1.29 is 9.13 Å². The lowest BCUT2D eigenvalue weighted by Crippen LogP contribution is -2.35. The summed E-state index contributed by atoms with van der Waals surface area (Å²) in [6, 6.07) is 0. The van der Waals surface area contributed by atoms with E-state index in [1.807, 2.05) is 25.8 Å². The molecule has 1 aromatic heterocycles. The molecule has 0 aliphatic carbocycles. The smallest absolute Gasteiger partial charge is 0.330 e. The van der Waals surface area contributed by atoms with E-state index < -0.39 is 23.3 Å². The third-order valence-corrected chi connectivity index (χ3v) is 2.55. The van der Waals surface area contributed by atoms with Crippen LogP contribution >= 0.6 is 0 Å². The van der Waals surface area contributed by atoms with Crippen molar-refractivity contribution in [3.05, 3.63) is 32.9 Å². The molecule has 1 heterocycles. The summed E-state index contributed by atoms with van der Waals surface area (Å²) >= 11 is 0. The van der Waals surface area contributed by atoms with Crippen molar-refractivity contribution in [1.82, 2.24) is 9.55 Å². The molecule has 0 saturated carbocycles. The third kappa shape index (κ3) is 3.26. The van der Waals surface area contributed by atoms with Gasteiger partial charge in [0.05, 0.1) is 12.3 Å². The molecule has 2 unspecified atom stereocenters. The molecule has 17 heavy (non-hydrogen) atoms. The quantitative estimate of drug-likeness (QED) is 0.851. The lowest BCUT2D eigenvalue weighted by atomic mass is 10.3. The van der Waals surface area contributed by atoms with Gasteiger partial charge in [-0.05, 0) is 19.8 Å². The molecular formula is C11H17FN2O3.